The molecule has 0 fully saturated rings. The minimum absolute atomic E-state index is 0.0667. The fraction of sp³-hybridized carbons (Fsp3) is 0.386. The zero-order valence-corrected chi connectivity index (χ0v) is 33.0. The highest BCUT2D eigenvalue weighted by molar-refractivity contribution is 5.96. The number of aromatic nitrogens is 5. The number of carbonyl (C=O) groups is 1. The van der Waals surface area contributed by atoms with Gasteiger partial charge in [0.1, 0.15) is 0 Å². The Morgan fingerprint density at radius 1 is 0.870 bits per heavy atom. The number of nitrogens with one attached hydrogen (secondary N) is 2. The zero-order chi connectivity index (χ0) is 38.7. The first-order valence-corrected chi connectivity index (χ1v) is 18.8. The predicted octanol–water partition coefficient (Wildman–Crippen LogP) is 9.61. The Kier molecular flexibility index (Phi) is 9.68. The first-order chi connectivity index (χ1) is 25.8. The van der Waals surface area contributed by atoms with Crippen LogP contribution in [0.3, 0.4) is 0 Å². The molecule has 8 bridgehead atoms. The minimum atomic E-state index is -0.313. The maximum Gasteiger partial charge on any atom is 0.305 e. The van der Waals surface area contributed by atoms with Crippen LogP contribution in [0, 0.1) is 34.6 Å². The molecule has 1 unspecified atom stereocenters. The Balaban J connectivity index is 1.68. The number of benzene rings is 1. The zero-order valence-electron chi connectivity index (χ0n) is 33.0. The van der Waals surface area contributed by atoms with Crippen LogP contribution in [0.15, 0.2) is 36.4 Å². The second kappa shape index (κ2) is 14.1. The first kappa shape index (κ1) is 37.0. The molecule has 0 aliphatic carbocycles. The summed E-state index contributed by atoms with van der Waals surface area (Å²) in [5, 5.41) is 25.0. The Labute approximate surface area is 315 Å². The molecule has 10 heteroatoms. The number of fused-ring (bicyclic) bond motifs is 8. The van der Waals surface area contributed by atoms with E-state index in [1.807, 2.05) is 26.8 Å². The molecule has 7 rings (SSSR count). The van der Waals surface area contributed by atoms with E-state index in [9.17, 15) is 15.0 Å². The molecule has 282 valence electrons. The number of ether oxygens (including phenoxy) is 2. The van der Waals surface area contributed by atoms with Crippen molar-refractivity contribution in [3.05, 3.63) is 92.3 Å². The number of methoxy groups -OCH3 is 2. The van der Waals surface area contributed by atoms with E-state index in [1.54, 1.807) is 11.7 Å². The van der Waals surface area contributed by atoms with E-state index >= 15 is 0 Å². The Hall–Kier alpha value is -5.35. The van der Waals surface area contributed by atoms with Crippen molar-refractivity contribution >= 4 is 38.9 Å². The van der Waals surface area contributed by atoms with Crippen molar-refractivity contribution in [1.29, 1.82) is 0 Å². The summed E-state index contributed by atoms with van der Waals surface area (Å²) in [5.74, 6) is -0.898. The number of hydrogen-bond acceptors (Lipinski definition) is 7. The molecule has 3 aromatic heterocycles. The van der Waals surface area contributed by atoms with Crippen LogP contribution in [0.4, 0.5) is 0 Å². The molecule has 4 N–H and O–H groups in total. The minimum Gasteiger partial charge on any atom is -0.494 e. The van der Waals surface area contributed by atoms with Crippen molar-refractivity contribution in [2.24, 2.45) is 0 Å². The van der Waals surface area contributed by atoms with Gasteiger partial charge in [0, 0.05) is 58.7 Å². The molecule has 1 aromatic carbocycles. The van der Waals surface area contributed by atoms with Crippen molar-refractivity contribution in [3.8, 4) is 23.0 Å². The summed E-state index contributed by atoms with van der Waals surface area (Å²) in [6.45, 7) is 16.8. The molecule has 0 amide bonds. The van der Waals surface area contributed by atoms with Crippen LogP contribution in [0.2, 0.25) is 0 Å². The fourth-order valence-corrected chi connectivity index (χ4v) is 8.68. The standard InChI is InChI=1S/C44H51N5O5/c1-11-29-23(4)31-19-36-38(27(8)53-9)25(6)33(46-36)17-32-24(5)30(12-13-37(50)54-10)41(47-32)40-42-39(26(7)34(48-42)18-35(29)45-31)43(51)49(44(40)52)20-28-15-21(2)14-22(3)16-28/h14-19,24,27,30,45-46,51-52H,11-13,20H2,1-10H3/t24-,27?,30-/m0/s1. The van der Waals surface area contributed by atoms with Gasteiger partial charge in [0.2, 0.25) is 11.8 Å². The van der Waals surface area contributed by atoms with Crippen molar-refractivity contribution < 1.29 is 24.5 Å². The van der Waals surface area contributed by atoms with Crippen LogP contribution in [-0.4, -0.2) is 54.9 Å². The summed E-state index contributed by atoms with van der Waals surface area (Å²) in [4.78, 5) is 30.5. The summed E-state index contributed by atoms with van der Waals surface area (Å²) in [7, 11) is 3.12. The summed E-state index contributed by atoms with van der Waals surface area (Å²) < 4.78 is 12.5. The van der Waals surface area contributed by atoms with Gasteiger partial charge < -0.3 is 29.7 Å². The van der Waals surface area contributed by atoms with Gasteiger partial charge in [0.05, 0.1) is 47.6 Å². The smallest absolute Gasteiger partial charge is 0.305 e. The van der Waals surface area contributed by atoms with E-state index in [0.29, 0.717) is 34.3 Å². The lowest BCUT2D eigenvalue weighted by Crippen LogP contribution is -2.10. The van der Waals surface area contributed by atoms with Crippen LogP contribution in [-0.2, 0) is 27.2 Å². The Morgan fingerprint density at radius 2 is 1.56 bits per heavy atom. The van der Waals surface area contributed by atoms with Gasteiger partial charge >= 0.3 is 5.97 Å². The SMILES string of the molecule is CCc1c(C)c2cc3[nH]c(cc4nc(c5c6nc(cc1[nH]2)c(C)c-6c(O)n(Cc1cc(C)cc(C)c1)c5O)[C@@H](CCC(=O)OC)[C@@H]4C)c(C)c3C(C)OC. The number of pyridine rings is 1. The fourth-order valence-electron chi connectivity index (χ4n) is 8.68. The van der Waals surface area contributed by atoms with Gasteiger partial charge in [-0.15, -0.1) is 0 Å². The number of nitrogens with zero attached hydrogens (tertiary/aromatic N) is 3. The van der Waals surface area contributed by atoms with Gasteiger partial charge in [-0.25, -0.2) is 4.98 Å². The summed E-state index contributed by atoms with van der Waals surface area (Å²) >= 11 is 0. The number of aryl methyl sites for hydroxylation is 6. The number of H-pyrrole nitrogens is 2. The predicted molar refractivity (Wildman–Crippen MR) is 214 cm³/mol. The molecule has 3 atom stereocenters. The van der Waals surface area contributed by atoms with Crippen molar-refractivity contribution in [3.63, 3.8) is 0 Å². The van der Waals surface area contributed by atoms with Crippen LogP contribution < -0.4 is 0 Å². The first-order valence-electron chi connectivity index (χ1n) is 18.8. The summed E-state index contributed by atoms with van der Waals surface area (Å²) in [5.41, 5.74) is 15.2. The molecule has 3 aliphatic heterocycles. The second-order valence-electron chi connectivity index (χ2n) is 15.1. The van der Waals surface area contributed by atoms with Gasteiger partial charge in [-0.3, -0.25) is 14.3 Å². The maximum absolute atomic E-state index is 12.6. The number of rotatable bonds is 8. The van der Waals surface area contributed by atoms with Crippen LogP contribution in [0.1, 0.15) is 107 Å². The van der Waals surface area contributed by atoms with Crippen molar-refractivity contribution in [1.82, 2.24) is 24.5 Å². The number of aromatic amines is 2. The molecule has 0 saturated heterocycles. The molecule has 6 heterocycles. The van der Waals surface area contributed by atoms with Gasteiger partial charge in [0.25, 0.3) is 0 Å². The summed E-state index contributed by atoms with van der Waals surface area (Å²) in [6.07, 6.45) is 1.25. The van der Waals surface area contributed by atoms with Gasteiger partial charge in [-0.2, -0.15) is 0 Å². The number of hydrogen-bond donors (Lipinski definition) is 4. The average molecular weight is 730 g/mol. The topological polar surface area (TPSA) is 138 Å². The lowest BCUT2D eigenvalue weighted by Gasteiger charge is -2.21. The molecular formula is C44H51N5O5. The normalized spacial score (nSPS) is 15.7. The highest BCUT2D eigenvalue weighted by Gasteiger charge is 2.35. The lowest BCUT2D eigenvalue weighted by molar-refractivity contribution is -0.140. The summed E-state index contributed by atoms with van der Waals surface area (Å²) in [6, 6.07) is 12.5. The quantitative estimate of drug-likeness (QED) is 0.115. The molecule has 3 aliphatic rings. The second-order valence-corrected chi connectivity index (χ2v) is 15.1. The van der Waals surface area contributed by atoms with Gasteiger partial charge in [-0.05, 0) is 100 Å². The largest absolute Gasteiger partial charge is 0.494 e. The highest BCUT2D eigenvalue weighted by Crippen LogP contribution is 2.50. The monoisotopic (exact) mass is 729 g/mol. The van der Waals surface area contributed by atoms with E-state index in [1.165, 1.54) is 12.7 Å². The van der Waals surface area contributed by atoms with Crippen molar-refractivity contribution in [2.75, 3.05) is 14.2 Å². The molecule has 0 radical (unpaired) electrons. The number of esters is 1. The van der Waals surface area contributed by atoms with Crippen LogP contribution in [0.5, 0.6) is 11.8 Å². The highest BCUT2D eigenvalue weighted by atomic mass is 16.5. The molecule has 0 saturated carbocycles. The van der Waals surface area contributed by atoms with Crippen LogP contribution in [0.25, 0.3) is 44.2 Å². The molecular weight excluding hydrogens is 679 g/mol. The van der Waals surface area contributed by atoms with Gasteiger partial charge in [0.15, 0.2) is 0 Å². The third-order valence-corrected chi connectivity index (χ3v) is 11.7. The van der Waals surface area contributed by atoms with E-state index < -0.39 is 0 Å². The van der Waals surface area contributed by atoms with E-state index in [-0.39, 0.29) is 48.6 Å². The number of carbonyl (C=O) groups excluding carboxylic acids is 1. The van der Waals surface area contributed by atoms with E-state index in [2.05, 4.69) is 74.9 Å². The van der Waals surface area contributed by atoms with Gasteiger partial charge in [-0.1, -0.05) is 43.2 Å². The molecule has 54 heavy (non-hydrogen) atoms. The number of aromatic hydroxyl groups is 2. The molecule has 10 nitrogen and oxygen atoms in total. The van der Waals surface area contributed by atoms with E-state index in [4.69, 9.17) is 19.4 Å². The molecule has 0 spiro atoms. The van der Waals surface area contributed by atoms with Crippen molar-refractivity contribution in [2.45, 2.75) is 99.1 Å². The molecule has 4 aromatic rings. The Morgan fingerprint density at radius 3 is 2.22 bits per heavy atom. The lowest BCUT2D eigenvalue weighted by atomic mass is 9.85. The van der Waals surface area contributed by atoms with Crippen LogP contribution >= 0.6 is 0 Å². The third kappa shape index (κ3) is 6.16. The average Bonchev–Trinajstić information content (AvgIpc) is 3.81. The van der Waals surface area contributed by atoms with E-state index in [0.717, 1.165) is 73.1 Å². The third-order valence-electron chi connectivity index (χ3n) is 11.7. The maximum atomic E-state index is 12.6. The Bertz CT molecular complexity index is 2520.